The van der Waals surface area contributed by atoms with Crippen LogP contribution in [0.25, 0.3) is 0 Å². The highest BCUT2D eigenvalue weighted by molar-refractivity contribution is 6.05. The fourth-order valence-electron chi connectivity index (χ4n) is 1.78. The summed E-state index contributed by atoms with van der Waals surface area (Å²) >= 11 is 0. The third kappa shape index (κ3) is 2.54. The number of hydrogen-bond donors (Lipinski definition) is 1. The van der Waals surface area contributed by atoms with E-state index >= 15 is 0 Å². The van der Waals surface area contributed by atoms with Gasteiger partial charge in [0.05, 0.1) is 36.4 Å². The van der Waals surface area contributed by atoms with Crippen LogP contribution in [0.4, 0.5) is 5.69 Å². The Labute approximate surface area is 110 Å². The van der Waals surface area contributed by atoms with Crippen LogP contribution >= 0.6 is 0 Å². The quantitative estimate of drug-likeness (QED) is 0.894. The van der Waals surface area contributed by atoms with Gasteiger partial charge in [-0.1, -0.05) is 0 Å². The Bertz CT molecular complexity index is 603. The van der Waals surface area contributed by atoms with Gasteiger partial charge >= 0.3 is 6.01 Å². The average molecular weight is 261 g/mol. The van der Waals surface area contributed by atoms with E-state index in [9.17, 15) is 4.79 Å². The maximum absolute atomic E-state index is 12.2. The zero-order valence-electron chi connectivity index (χ0n) is 11.3. The Hall–Kier alpha value is -2.44. The van der Waals surface area contributed by atoms with Crippen LogP contribution in [-0.4, -0.2) is 32.8 Å². The number of anilines is 1. The maximum Gasteiger partial charge on any atom is 0.316 e. The van der Waals surface area contributed by atoms with Gasteiger partial charge in [-0.25, -0.2) is 9.97 Å². The van der Waals surface area contributed by atoms with Gasteiger partial charge in [-0.2, -0.15) is 5.10 Å². The first-order valence-electron chi connectivity index (χ1n) is 5.70. The van der Waals surface area contributed by atoms with Crippen molar-refractivity contribution in [1.29, 1.82) is 0 Å². The van der Waals surface area contributed by atoms with Crippen molar-refractivity contribution in [1.82, 2.24) is 19.7 Å². The number of hydrogen-bond acceptors (Lipinski definition) is 5. The van der Waals surface area contributed by atoms with Crippen LogP contribution in [0.1, 0.15) is 21.7 Å². The second-order valence-electron chi connectivity index (χ2n) is 4.08. The van der Waals surface area contributed by atoms with Crippen LogP contribution in [-0.2, 0) is 7.05 Å². The highest BCUT2D eigenvalue weighted by Gasteiger charge is 2.17. The van der Waals surface area contributed by atoms with E-state index in [-0.39, 0.29) is 11.9 Å². The molecule has 2 rings (SSSR count). The topological polar surface area (TPSA) is 81.9 Å². The summed E-state index contributed by atoms with van der Waals surface area (Å²) in [5, 5.41) is 6.94. The Balaban J connectivity index is 2.20. The molecule has 0 fully saturated rings. The van der Waals surface area contributed by atoms with E-state index in [1.807, 2.05) is 6.92 Å². The van der Waals surface area contributed by atoms with E-state index in [1.54, 1.807) is 18.7 Å². The molecule has 0 aliphatic rings. The zero-order chi connectivity index (χ0) is 14.0. The number of amides is 1. The minimum Gasteiger partial charge on any atom is -0.467 e. The molecule has 7 heteroatoms. The summed E-state index contributed by atoms with van der Waals surface area (Å²) in [4.78, 5) is 20.0. The second-order valence-corrected chi connectivity index (χ2v) is 4.08. The SMILES string of the molecule is COc1ncc(NC(=O)c2c(C)nn(C)c2C)cn1. The highest BCUT2D eigenvalue weighted by atomic mass is 16.5. The van der Waals surface area contributed by atoms with E-state index in [0.29, 0.717) is 16.9 Å². The monoisotopic (exact) mass is 261 g/mol. The van der Waals surface area contributed by atoms with Crippen LogP contribution in [0.3, 0.4) is 0 Å². The second kappa shape index (κ2) is 5.05. The molecule has 0 saturated carbocycles. The van der Waals surface area contributed by atoms with Gasteiger partial charge in [0.15, 0.2) is 0 Å². The first-order valence-corrected chi connectivity index (χ1v) is 5.70. The summed E-state index contributed by atoms with van der Waals surface area (Å²) < 4.78 is 6.53. The molecule has 2 aromatic heterocycles. The van der Waals surface area contributed by atoms with E-state index in [0.717, 1.165) is 5.69 Å². The van der Waals surface area contributed by atoms with E-state index in [1.165, 1.54) is 19.5 Å². The third-order valence-corrected chi connectivity index (χ3v) is 2.80. The molecule has 0 aromatic carbocycles. The van der Waals surface area contributed by atoms with Crippen molar-refractivity contribution >= 4 is 11.6 Å². The number of ether oxygens (including phenoxy) is 1. The first kappa shape index (κ1) is 13.0. The maximum atomic E-state index is 12.2. The molecule has 0 radical (unpaired) electrons. The van der Waals surface area contributed by atoms with E-state index in [2.05, 4.69) is 20.4 Å². The number of nitrogens with zero attached hydrogens (tertiary/aromatic N) is 4. The van der Waals surface area contributed by atoms with Gasteiger partial charge < -0.3 is 10.1 Å². The number of aromatic nitrogens is 4. The largest absolute Gasteiger partial charge is 0.467 e. The molecule has 0 spiro atoms. The van der Waals surface area contributed by atoms with Crippen LogP contribution in [0.2, 0.25) is 0 Å². The van der Waals surface area contributed by atoms with Crippen LogP contribution < -0.4 is 10.1 Å². The lowest BCUT2D eigenvalue weighted by atomic mass is 10.2. The molecule has 2 aromatic rings. The van der Waals surface area contributed by atoms with Gasteiger partial charge in [0.2, 0.25) is 0 Å². The molecule has 0 aliphatic carbocycles. The van der Waals surface area contributed by atoms with Crippen LogP contribution in [0, 0.1) is 13.8 Å². The number of carbonyl (C=O) groups is 1. The lowest BCUT2D eigenvalue weighted by Gasteiger charge is -2.05. The lowest BCUT2D eigenvalue weighted by molar-refractivity contribution is 0.102. The Kier molecular flexibility index (Phi) is 3.46. The standard InChI is InChI=1S/C12H15N5O2/c1-7-10(8(2)17(3)16-7)11(18)15-9-5-13-12(19-4)14-6-9/h5-6H,1-4H3,(H,15,18). The van der Waals surface area contributed by atoms with Crippen molar-refractivity contribution in [2.45, 2.75) is 13.8 Å². The predicted molar refractivity (Wildman–Crippen MR) is 69.2 cm³/mol. The van der Waals surface area contributed by atoms with E-state index in [4.69, 9.17) is 4.74 Å². The molecule has 0 saturated heterocycles. The smallest absolute Gasteiger partial charge is 0.316 e. The minimum absolute atomic E-state index is 0.225. The predicted octanol–water partition coefficient (Wildman–Crippen LogP) is 1.09. The third-order valence-electron chi connectivity index (χ3n) is 2.80. The van der Waals surface area contributed by atoms with Crippen LogP contribution in [0.5, 0.6) is 6.01 Å². The molecule has 0 unspecified atom stereocenters. The van der Waals surface area contributed by atoms with Crippen molar-refractivity contribution in [3.63, 3.8) is 0 Å². The molecule has 0 aliphatic heterocycles. The molecule has 1 amide bonds. The van der Waals surface area contributed by atoms with Crippen molar-refractivity contribution in [3.8, 4) is 6.01 Å². The Morgan fingerprint density at radius 1 is 1.32 bits per heavy atom. The molecule has 19 heavy (non-hydrogen) atoms. The summed E-state index contributed by atoms with van der Waals surface area (Å²) in [7, 11) is 3.28. The number of nitrogens with one attached hydrogen (secondary N) is 1. The lowest BCUT2D eigenvalue weighted by Crippen LogP contribution is -2.14. The van der Waals surface area contributed by atoms with Crippen molar-refractivity contribution in [3.05, 3.63) is 29.3 Å². The highest BCUT2D eigenvalue weighted by Crippen LogP contribution is 2.15. The fraction of sp³-hybridized carbons (Fsp3) is 0.333. The molecule has 100 valence electrons. The fourth-order valence-corrected chi connectivity index (χ4v) is 1.78. The summed E-state index contributed by atoms with van der Waals surface area (Å²) in [5.41, 5.74) is 2.57. The van der Waals surface area contributed by atoms with Gasteiger partial charge in [0.25, 0.3) is 5.91 Å². The number of carbonyl (C=O) groups excluding carboxylic acids is 1. The van der Waals surface area contributed by atoms with E-state index < -0.39 is 0 Å². The first-order chi connectivity index (χ1) is 9.02. The van der Waals surface area contributed by atoms with Gasteiger partial charge in [0.1, 0.15) is 0 Å². The van der Waals surface area contributed by atoms with Crippen molar-refractivity contribution in [2.24, 2.45) is 7.05 Å². The van der Waals surface area contributed by atoms with Crippen molar-refractivity contribution < 1.29 is 9.53 Å². The molecular weight excluding hydrogens is 246 g/mol. The molecule has 0 atom stereocenters. The Morgan fingerprint density at radius 2 is 1.95 bits per heavy atom. The minimum atomic E-state index is -0.225. The van der Waals surface area contributed by atoms with Crippen LogP contribution in [0.15, 0.2) is 12.4 Å². The normalized spacial score (nSPS) is 10.3. The van der Waals surface area contributed by atoms with Crippen molar-refractivity contribution in [2.75, 3.05) is 12.4 Å². The number of aryl methyl sites for hydroxylation is 2. The zero-order valence-corrected chi connectivity index (χ0v) is 11.3. The molecule has 1 N–H and O–H groups in total. The van der Waals surface area contributed by atoms with Gasteiger partial charge in [-0.3, -0.25) is 9.48 Å². The molecule has 2 heterocycles. The number of rotatable bonds is 3. The summed E-state index contributed by atoms with van der Waals surface area (Å²) in [6.07, 6.45) is 2.98. The summed E-state index contributed by atoms with van der Waals surface area (Å²) in [6, 6.07) is 0.256. The molecule has 0 bridgehead atoms. The Morgan fingerprint density at radius 3 is 2.42 bits per heavy atom. The molecular formula is C12H15N5O2. The summed E-state index contributed by atoms with van der Waals surface area (Å²) in [6.45, 7) is 3.64. The van der Waals surface area contributed by atoms with Gasteiger partial charge in [0, 0.05) is 12.7 Å². The average Bonchev–Trinajstić information content (AvgIpc) is 2.64. The van der Waals surface area contributed by atoms with Gasteiger partial charge in [-0.15, -0.1) is 0 Å². The number of methoxy groups -OCH3 is 1. The van der Waals surface area contributed by atoms with Gasteiger partial charge in [-0.05, 0) is 13.8 Å². The molecule has 7 nitrogen and oxygen atoms in total. The summed E-state index contributed by atoms with van der Waals surface area (Å²) in [5.74, 6) is -0.225.